The van der Waals surface area contributed by atoms with E-state index in [0.29, 0.717) is 17.6 Å². The summed E-state index contributed by atoms with van der Waals surface area (Å²) in [4.78, 5) is 12.2. The van der Waals surface area contributed by atoms with E-state index in [2.05, 4.69) is 27.7 Å². The number of hydrogen-bond acceptors (Lipinski definition) is 1. The van der Waals surface area contributed by atoms with E-state index in [4.69, 9.17) is 0 Å². The van der Waals surface area contributed by atoms with Gasteiger partial charge in [0.15, 0.2) is 5.75 Å². The Morgan fingerprint density at radius 2 is 0.560 bits per heavy atom. The summed E-state index contributed by atoms with van der Waals surface area (Å²) in [5.41, 5.74) is -29.3. The molecule has 0 heterocycles. The Morgan fingerprint density at radius 3 is 0.733 bits per heavy atom. The van der Waals surface area contributed by atoms with Gasteiger partial charge >= 0.3 is 49.4 Å². The second kappa shape index (κ2) is 21.9. The van der Waals surface area contributed by atoms with Crippen molar-refractivity contribution in [3.05, 3.63) is 153 Å². The minimum Gasteiger partial charge on any atom is -0.289 e. The zero-order valence-corrected chi connectivity index (χ0v) is 39.4. The van der Waals surface area contributed by atoms with Crippen LogP contribution in [0.2, 0.25) is 0 Å². The van der Waals surface area contributed by atoms with Crippen molar-refractivity contribution in [1.29, 1.82) is 0 Å². The Hall–Kier alpha value is -5.50. The molecule has 0 saturated carbocycles. The number of carbonyl (C=O) groups is 1. The second-order valence-corrected chi connectivity index (χ2v) is 20.1. The molecule has 5 rings (SSSR count). The molecule has 412 valence electrons. The molecule has 1 nitrogen and oxygen atoms in total. The van der Waals surface area contributed by atoms with Crippen LogP contribution in [0.3, 0.4) is 0 Å². The summed E-state index contributed by atoms with van der Waals surface area (Å²) in [5, 5.41) is 0. The number of carbonyl (C=O) groups excluding carboxylic acids is 1. The first kappa shape index (κ1) is 62.0. The zero-order chi connectivity index (χ0) is 57.5. The van der Waals surface area contributed by atoms with Gasteiger partial charge in [0.1, 0.15) is 17.7 Å². The van der Waals surface area contributed by atoms with Crippen LogP contribution < -0.4 is 21.9 Å². The summed E-state index contributed by atoms with van der Waals surface area (Å²) in [6.07, 6.45) is -54.8. The zero-order valence-electron chi connectivity index (χ0n) is 38.6. The molecule has 5 aromatic rings. The lowest BCUT2D eigenvalue weighted by Crippen LogP contribution is -2.75. The fourth-order valence-electron chi connectivity index (χ4n) is 8.09. The van der Waals surface area contributed by atoms with Gasteiger partial charge in [-0.25, -0.2) is 0 Å². The van der Waals surface area contributed by atoms with Crippen LogP contribution in [-0.4, -0.2) is 29.2 Å². The van der Waals surface area contributed by atoms with Crippen molar-refractivity contribution in [3.8, 4) is 0 Å². The van der Waals surface area contributed by atoms with Gasteiger partial charge in [0, 0.05) is 5.56 Å². The third-order valence-corrected chi connectivity index (χ3v) is 14.0. The maximum atomic E-state index is 14.2. The van der Waals surface area contributed by atoms with E-state index in [9.17, 15) is 110 Å². The Labute approximate surface area is 413 Å². The van der Waals surface area contributed by atoms with Gasteiger partial charge in [0.2, 0.25) is 5.78 Å². The van der Waals surface area contributed by atoms with Gasteiger partial charge < -0.3 is 0 Å². The van der Waals surface area contributed by atoms with E-state index >= 15 is 0 Å². The van der Waals surface area contributed by atoms with Gasteiger partial charge in [-0.15, -0.1) is 0 Å². The lowest BCUT2D eigenvalue weighted by atomic mass is 9.12. The largest absolute Gasteiger partial charge is 0.416 e. The van der Waals surface area contributed by atoms with Crippen LogP contribution in [-0.2, 0) is 60.3 Å². The first-order chi connectivity index (χ1) is 33.7. The lowest BCUT2D eigenvalue weighted by Gasteiger charge is -2.46. The van der Waals surface area contributed by atoms with Crippen LogP contribution >= 0.6 is 0 Å². The summed E-state index contributed by atoms with van der Waals surface area (Å²) in [6.45, 7) is 8.97. The van der Waals surface area contributed by atoms with Crippen molar-refractivity contribution in [1.82, 2.24) is 0 Å². The highest BCUT2D eigenvalue weighted by Gasteiger charge is 2.47. The van der Waals surface area contributed by atoms with Gasteiger partial charge in [0.25, 0.3) is 0 Å². The number of halogens is 24. The topological polar surface area (TPSA) is 17.1 Å². The van der Waals surface area contributed by atoms with Crippen molar-refractivity contribution in [3.63, 3.8) is 0 Å². The van der Waals surface area contributed by atoms with E-state index in [0.717, 1.165) is 11.3 Å². The van der Waals surface area contributed by atoms with Crippen LogP contribution in [0.15, 0.2) is 103 Å². The SMILES string of the molecule is CC(C)C[S+](CC(=O)c1ccccc1)CC(C)C.FC(F)(F)c1cc([B-](c2cc(C(F)(F)F)cc(C(F)(F)F)c2)(c2cc(C(F)(F)F)cc(C(F)(F)F)c2)c2cc(C(F)(F)F)cc(C(F)(F)F)c2)cc(C(F)(F)F)c1. The second-order valence-electron chi connectivity index (χ2n) is 17.9. The molecule has 5 aromatic carbocycles. The van der Waals surface area contributed by atoms with Crippen molar-refractivity contribution < 1.29 is 110 Å². The Bertz CT molecular complexity index is 2330. The summed E-state index contributed by atoms with van der Waals surface area (Å²) in [7, 11) is 0.235. The average Bonchev–Trinajstić information content (AvgIpc) is 3.24. The molecule has 0 radical (unpaired) electrons. The van der Waals surface area contributed by atoms with Gasteiger partial charge in [-0.2, -0.15) is 127 Å². The Balaban J connectivity index is 0.000000569. The smallest absolute Gasteiger partial charge is 0.289 e. The minimum absolute atomic E-state index is 0.235. The van der Waals surface area contributed by atoms with Gasteiger partial charge in [-0.1, -0.05) is 107 Å². The van der Waals surface area contributed by atoms with Crippen molar-refractivity contribution in [2.75, 3.05) is 17.3 Å². The number of benzene rings is 5. The van der Waals surface area contributed by atoms with Crippen molar-refractivity contribution >= 4 is 44.7 Å². The van der Waals surface area contributed by atoms with Crippen LogP contribution in [0, 0.1) is 11.8 Å². The molecule has 0 amide bonds. The minimum atomic E-state index is -6.13. The van der Waals surface area contributed by atoms with E-state index in [1.54, 1.807) is 0 Å². The molecule has 0 spiro atoms. The van der Waals surface area contributed by atoms with Crippen LogP contribution in [0.1, 0.15) is 82.6 Å². The molecule has 0 aliphatic rings. The molecular weight excluding hydrogens is 1090 g/mol. The molecule has 0 saturated heterocycles. The molecule has 0 fully saturated rings. The predicted molar refractivity (Wildman–Crippen MR) is 232 cm³/mol. The highest BCUT2D eigenvalue weighted by atomic mass is 32.2. The van der Waals surface area contributed by atoms with Gasteiger partial charge in [-0.05, 0) is 47.0 Å². The van der Waals surface area contributed by atoms with Crippen molar-refractivity contribution in [2.45, 2.75) is 77.1 Å². The molecule has 0 unspecified atom stereocenters. The number of hydrogen-bond donors (Lipinski definition) is 0. The van der Waals surface area contributed by atoms with E-state index < -0.39 is 195 Å². The Morgan fingerprint density at radius 1 is 0.360 bits per heavy atom. The maximum Gasteiger partial charge on any atom is 0.416 e. The van der Waals surface area contributed by atoms with Crippen LogP contribution in [0.25, 0.3) is 0 Å². The van der Waals surface area contributed by atoms with Crippen LogP contribution in [0.5, 0.6) is 0 Å². The third kappa shape index (κ3) is 15.8. The molecule has 0 aliphatic carbocycles. The first-order valence-corrected chi connectivity index (χ1v) is 23.1. The number of rotatable bonds is 11. The van der Waals surface area contributed by atoms with E-state index in [1.165, 1.54) is 11.5 Å². The summed E-state index contributed by atoms with van der Waals surface area (Å²) < 4.78 is 341. The fourth-order valence-corrected chi connectivity index (χ4v) is 10.9. The molecule has 0 aromatic heterocycles. The fraction of sp³-hybridized carbons (Fsp3) is 0.354. The standard InChI is InChI=1S/C32H12BF24.C16H25OS/c34-25(35,36)13-1-14(26(37,38)39)6-21(5-13)33(22-7-15(27(40,41)42)2-16(8-22)28(43,44)45,23-9-17(29(46,47)48)3-18(10-23)30(49,50)51)24-11-19(31(52,53)54)4-20(12-24)32(55,56)57;1-13(2)10-18(11-14(3)4)12-16(17)15-8-6-5-7-9-15/h1-12H;5-9,13-14H,10-12H2,1-4H3/q-1;+1. The maximum absolute atomic E-state index is 14.2. The van der Waals surface area contributed by atoms with Gasteiger partial charge in [0.05, 0.1) is 44.5 Å². The number of ketones is 1. The predicted octanol–water partition coefficient (Wildman–Crippen LogP) is 15.0. The van der Waals surface area contributed by atoms with Crippen LogP contribution in [0.4, 0.5) is 105 Å². The van der Waals surface area contributed by atoms with Crippen molar-refractivity contribution in [2.24, 2.45) is 11.8 Å². The van der Waals surface area contributed by atoms with E-state index in [-0.39, 0.29) is 10.9 Å². The average molecular weight is 1130 g/mol. The van der Waals surface area contributed by atoms with E-state index in [1.807, 2.05) is 30.3 Å². The first-order valence-electron chi connectivity index (χ1n) is 21.3. The summed E-state index contributed by atoms with van der Waals surface area (Å²) >= 11 is 0. The number of Topliss-reactive ketones (excluding diaryl/α,β-unsaturated/α-hetero) is 1. The third-order valence-electron chi connectivity index (χ3n) is 11.0. The molecular formula is C48H37BF24OS. The molecule has 0 bridgehead atoms. The molecule has 0 aliphatic heterocycles. The highest BCUT2D eigenvalue weighted by molar-refractivity contribution is 7.97. The molecule has 75 heavy (non-hydrogen) atoms. The summed E-state index contributed by atoms with van der Waals surface area (Å²) in [6, 6.07) is 0.879. The number of alkyl halides is 24. The normalized spacial score (nSPS) is 13.6. The monoisotopic (exact) mass is 1130 g/mol. The highest BCUT2D eigenvalue weighted by Crippen LogP contribution is 2.41. The quantitative estimate of drug-likeness (QED) is 0.0558. The summed E-state index contributed by atoms with van der Waals surface area (Å²) in [5.74, 6) is 4.74. The Kier molecular flexibility index (Phi) is 18.1. The lowest BCUT2D eigenvalue weighted by molar-refractivity contribution is -0.144. The van der Waals surface area contributed by atoms with Gasteiger partial charge in [-0.3, -0.25) is 4.79 Å². The molecule has 0 N–H and O–H groups in total. The molecule has 0 atom stereocenters. The molecule has 27 heteroatoms.